The second-order valence-electron chi connectivity index (χ2n) is 3.18. The molecule has 0 heterocycles. The molecule has 0 unspecified atom stereocenters. The van der Waals surface area contributed by atoms with E-state index in [4.69, 9.17) is 14.2 Å². The monoisotopic (exact) mass is 188 g/mol. The van der Waals surface area contributed by atoms with E-state index in [2.05, 4.69) is 0 Å². The van der Waals surface area contributed by atoms with Gasteiger partial charge in [0.2, 0.25) is 0 Å². The van der Waals surface area contributed by atoms with Crippen molar-refractivity contribution in [1.29, 1.82) is 0 Å². The van der Waals surface area contributed by atoms with Gasteiger partial charge in [-0.15, -0.1) is 0 Å². The topological polar surface area (TPSA) is 27.7 Å². The maximum Gasteiger partial charge on any atom is 0.285 e. The highest BCUT2D eigenvalue weighted by Gasteiger charge is 2.48. The van der Waals surface area contributed by atoms with E-state index in [1.807, 2.05) is 20.8 Å². The fraction of sp³-hybridized carbons (Fsp3) is 1.00. The minimum absolute atomic E-state index is 0.437. The summed E-state index contributed by atoms with van der Waals surface area (Å²) in [5.74, 6) is -0.300. The Morgan fingerprint density at radius 1 is 0.923 bits per heavy atom. The van der Waals surface area contributed by atoms with Gasteiger partial charge >= 0.3 is 0 Å². The number of ether oxygens (including phenoxy) is 3. The summed E-state index contributed by atoms with van der Waals surface area (Å²) in [5, 5.41) is 0. The van der Waals surface area contributed by atoms with Crippen LogP contribution in [0.25, 0.3) is 0 Å². The maximum atomic E-state index is 5.59. The summed E-state index contributed by atoms with van der Waals surface area (Å²) in [6.07, 6.45) is 2.31. The van der Waals surface area contributed by atoms with Crippen LogP contribution < -0.4 is 0 Å². The first-order valence-electron chi connectivity index (χ1n) is 5.20. The minimum atomic E-state index is -0.738. The molecule has 78 valence electrons. The first kappa shape index (κ1) is 11.0. The van der Waals surface area contributed by atoms with Crippen LogP contribution in [-0.4, -0.2) is 25.8 Å². The molecular weight excluding hydrogens is 168 g/mol. The molecule has 1 saturated carbocycles. The Morgan fingerprint density at radius 3 is 1.54 bits per heavy atom. The third-order valence-electron chi connectivity index (χ3n) is 2.11. The molecule has 0 spiro atoms. The molecule has 0 aromatic heterocycles. The lowest BCUT2D eigenvalue weighted by atomic mass is 10.3. The molecule has 1 aliphatic rings. The van der Waals surface area contributed by atoms with E-state index in [1.165, 1.54) is 0 Å². The fourth-order valence-electron chi connectivity index (χ4n) is 1.52. The zero-order chi connectivity index (χ0) is 9.73. The predicted octanol–water partition coefficient (Wildman–Crippen LogP) is 2.16. The van der Waals surface area contributed by atoms with E-state index in [1.54, 1.807) is 0 Å². The van der Waals surface area contributed by atoms with Crippen molar-refractivity contribution in [2.24, 2.45) is 5.92 Å². The molecule has 13 heavy (non-hydrogen) atoms. The van der Waals surface area contributed by atoms with Gasteiger partial charge in [-0.05, 0) is 33.6 Å². The van der Waals surface area contributed by atoms with Gasteiger partial charge in [-0.2, -0.15) is 0 Å². The van der Waals surface area contributed by atoms with E-state index >= 15 is 0 Å². The Labute approximate surface area is 80.4 Å². The summed E-state index contributed by atoms with van der Waals surface area (Å²) in [6, 6.07) is 0. The second kappa shape index (κ2) is 4.94. The molecule has 0 N–H and O–H groups in total. The van der Waals surface area contributed by atoms with Gasteiger partial charge in [0.25, 0.3) is 5.97 Å². The average Bonchev–Trinajstić information content (AvgIpc) is 2.87. The molecule has 0 bridgehead atoms. The molecule has 0 aliphatic heterocycles. The largest absolute Gasteiger partial charge is 0.328 e. The zero-order valence-corrected chi connectivity index (χ0v) is 8.84. The van der Waals surface area contributed by atoms with Gasteiger partial charge in [-0.3, -0.25) is 0 Å². The lowest BCUT2D eigenvalue weighted by Gasteiger charge is -2.32. The van der Waals surface area contributed by atoms with E-state index in [0.29, 0.717) is 25.7 Å². The van der Waals surface area contributed by atoms with E-state index in [9.17, 15) is 0 Å². The van der Waals surface area contributed by atoms with Gasteiger partial charge in [0, 0.05) is 25.7 Å². The Balaban J connectivity index is 2.54. The lowest BCUT2D eigenvalue weighted by molar-refractivity contribution is -0.388. The SMILES string of the molecule is CCOC(OCC)(OCC)C1CC1. The van der Waals surface area contributed by atoms with Crippen molar-refractivity contribution in [2.75, 3.05) is 19.8 Å². The first-order chi connectivity index (χ1) is 6.29. The van der Waals surface area contributed by atoms with Crippen molar-refractivity contribution in [2.45, 2.75) is 39.6 Å². The van der Waals surface area contributed by atoms with Crippen molar-refractivity contribution >= 4 is 0 Å². The second-order valence-corrected chi connectivity index (χ2v) is 3.18. The van der Waals surface area contributed by atoms with Crippen molar-refractivity contribution in [3.63, 3.8) is 0 Å². The van der Waals surface area contributed by atoms with Crippen LogP contribution in [0.15, 0.2) is 0 Å². The third kappa shape index (κ3) is 2.66. The summed E-state index contributed by atoms with van der Waals surface area (Å²) >= 11 is 0. The summed E-state index contributed by atoms with van der Waals surface area (Å²) in [7, 11) is 0. The van der Waals surface area contributed by atoms with Crippen LogP contribution in [0.1, 0.15) is 33.6 Å². The Kier molecular flexibility index (Phi) is 4.16. The highest BCUT2D eigenvalue weighted by molar-refractivity contribution is 4.83. The smallest absolute Gasteiger partial charge is 0.285 e. The van der Waals surface area contributed by atoms with Crippen molar-refractivity contribution in [3.05, 3.63) is 0 Å². The van der Waals surface area contributed by atoms with Crippen LogP contribution in [0.2, 0.25) is 0 Å². The molecule has 0 saturated heterocycles. The van der Waals surface area contributed by atoms with Crippen molar-refractivity contribution < 1.29 is 14.2 Å². The molecule has 3 nitrogen and oxygen atoms in total. The molecule has 0 amide bonds. The van der Waals surface area contributed by atoms with Crippen LogP contribution in [0.3, 0.4) is 0 Å². The summed E-state index contributed by atoms with van der Waals surface area (Å²) < 4.78 is 16.8. The summed E-state index contributed by atoms with van der Waals surface area (Å²) in [6.45, 7) is 7.81. The van der Waals surface area contributed by atoms with E-state index in [0.717, 1.165) is 12.8 Å². The summed E-state index contributed by atoms with van der Waals surface area (Å²) in [5.41, 5.74) is 0. The van der Waals surface area contributed by atoms with Gasteiger partial charge in [0.1, 0.15) is 0 Å². The highest BCUT2D eigenvalue weighted by atomic mass is 16.9. The van der Waals surface area contributed by atoms with Crippen LogP contribution in [-0.2, 0) is 14.2 Å². The van der Waals surface area contributed by atoms with Gasteiger partial charge in [-0.25, -0.2) is 0 Å². The van der Waals surface area contributed by atoms with Gasteiger partial charge in [0.15, 0.2) is 0 Å². The Bertz CT molecular complexity index is 126. The van der Waals surface area contributed by atoms with Crippen LogP contribution in [0, 0.1) is 5.92 Å². The van der Waals surface area contributed by atoms with Crippen LogP contribution in [0.4, 0.5) is 0 Å². The predicted molar refractivity (Wildman–Crippen MR) is 50.3 cm³/mol. The maximum absolute atomic E-state index is 5.59. The molecule has 0 aromatic rings. The lowest BCUT2D eigenvalue weighted by Crippen LogP contribution is -2.41. The Morgan fingerprint density at radius 2 is 1.31 bits per heavy atom. The van der Waals surface area contributed by atoms with Gasteiger partial charge < -0.3 is 14.2 Å². The molecule has 0 radical (unpaired) electrons. The van der Waals surface area contributed by atoms with E-state index < -0.39 is 5.97 Å². The number of hydrogen-bond acceptors (Lipinski definition) is 3. The van der Waals surface area contributed by atoms with Crippen LogP contribution in [0.5, 0.6) is 0 Å². The van der Waals surface area contributed by atoms with Gasteiger partial charge in [-0.1, -0.05) is 0 Å². The number of hydrogen-bond donors (Lipinski definition) is 0. The minimum Gasteiger partial charge on any atom is -0.328 e. The normalized spacial score (nSPS) is 17.8. The third-order valence-corrected chi connectivity index (χ3v) is 2.11. The van der Waals surface area contributed by atoms with Crippen molar-refractivity contribution in [3.8, 4) is 0 Å². The molecule has 0 atom stereocenters. The average molecular weight is 188 g/mol. The molecule has 3 heteroatoms. The van der Waals surface area contributed by atoms with E-state index in [-0.39, 0.29) is 0 Å². The van der Waals surface area contributed by atoms with Crippen LogP contribution >= 0.6 is 0 Å². The number of rotatable bonds is 7. The Hall–Kier alpha value is -0.120. The molecule has 1 rings (SSSR count). The fourth-order valence-corrected chi connectivity index (χ4v) is 1.52. The zero-order valence-electron chi connectivity index (χ0n) is 8.84. The van der Waals surface area contributed by atoms with Gasteiger partial charge in [0.05, 0.1) is 0 Å². The quantitative estimate of drug-likeness (QED) is 0.573. The summed E-state index contributed by atoms with van der Waals surface area (Å²) in [4.78, 5) is 0. The molecular formula is C10H20O3. The standard InChI is InChI=1S/C10H20O3/c1-4-11-10(12-5-2,13-6-3)9-7-8-9/h9H,4-8H2,1-3H3. The molecule has 0 aromatic carbocycles. The van der Waals surface area contributed by atoms with Crippen molar-refractivity contribution in [1.82, 2.24) is 0 Å². The molecule has 1 fully saturated rings. The first-order valence-corrected chi connectivity index (χ1v) is 5.20. The highest BCUT2D eigenvalue weighted by Crippen LogP contribution is 2.43. The molecule has 1 aliphatic carbocycles.